The Labute approximate surface area is 149 Å². The molecule has 0 spiro atoms. The molecule has 0 heterocycles. The molecule has 2 amide bonds. The number of hydrogen-bond acceptors (Lipinski definition) is 3. The predicted octanol–water partition coefficient (Wildman–Crippen LogP) is 3.56. The van der Waals surface area contributed by atoms with Crippen LogP contribution in [-0.2, 0) is 9.59 Å². The largest absolute Gasteiger partial charge is 0.495 e. The van der Waals surface area contributed by atoms with Crippen molar-refractivity contribution in [3.63, 3.8) is 0 Å². The van der Waals surface area contributed by atoms with Gasteiger partial charge in [0.05, 0.1) is 12.8 Å². The third kappa shape index (κ3) is 6.04. The highest BCUT2D eigenvalue weighted by molar-refractivity contribution is 6.31. The molecule has 1 N–H and O–H groups in total. The zero-order valence-electron chi connectivity index (χ0n) is 15.1. The minimum atomic E-state index is -0.148. The first-order valence-electron chi connectivity index (χ1n) is 8.15. The topological polar surface area (TPSA) is 58.6 Å². The van der Waals surface area contributed by atoms with E-state index in [2.05, 4.69) is 19.2 Å². The molecule has 1 aromatic carbocycles. The molecule has 6 heteroatoms. The molecule has 0 radical (unpaired) electrons. The summed E-state index contributed by atoms with van der Waals surface area (Å²) in [6.45, 7) is 8.50. The number of methoxy groups -OCH3 is 1. The zero-order valence-corrected chi connectivity index (χ0v) is 15.9. The smallest absolute Gasteiger partial charge is 0.223 e. The van der Waals surface area contributed by atoms with Crippen LogP contribution in [0, 0.1) is 12.8 Å². The Morgan fingerprint density at radius 3 is 2.54 bits per heavy atom. The average molecular weight is 355 g/mol. The number of carbonyl (C=O) groups is 2. The third-order valence-corrected chi connectivity index (χ3v) is 4.14. The van der Waals surface area contributed by atoms with Crippen LogP contribution in [-0.4, -0.2) is 32.0 Å². The molecule has 1 aromatic rings. The summed E-state index contributed by atoms with van der Waals surface area (Å²) < 4.78 is 5.33. The van der Waals surface area contributed by atoms with Gasteiger partial charge in [0, 0.05) is 37.5 Å². The van der Waals surface area contributed by atoms with Crippen LogP contribution in [0.25, 0.3) is 0 Å². The number of nitrogens with zero attached hydrogens (tertiary/aromatic N) is 1. The normalized spacial score (nSPS) is 10.6. The quantitative estimate of drug-likeness (QED) is 0.776. The van der Waals surface area contributed by atoms with E-state index in [0.29, 0.717) is 35.5 Å². The van der Waals surface area contributed by atoms with Crippen LogP contribution >= 0.6 is 11.6 Å². The molecule has 0 saturated heterocycles. The molecule has 0 aliphatic heterocycles. The first-order valence-corrected chi connectivity index (χ1v) is 8.53. The van der Waals surface area contributed by atoms with E-state index in [1.165, 1.54) is 14.0 Å². The molecule has 0 aliphatic rings. The molecule has 0 atom stereocenters. The lowest BCUT2D eigenvalue weighted by molar-refractivity contribution is -0.121. The van der Waals surface area contributed by atoms with Gasteiger partial charge in [0.2, 0.25) is 11.8 Å². The van der Waals surface area contributed by atoms with Crippen molar-refractivity contribution < 1.29 is 14.3 Å². The molecule has 134 valence electrons. The standard InChI is InChI=1S/C18H27ClN2O3/c1-12(2)6-8-20-18(23)7-9-21(14(4)22)16-10-13(3)15(19)11-17(16)24-5/h10-12H,6-9H2,1-5H3,(H,20,23). The van der Waals surface area contributed by atoms with Gasteiger partial charge in [-0.3, -0.25) is 9.59 Å². The van der Waals surface area contributed by atoms with Crippen molar-refractivity contribution in [2.24, 2.45) is 5.92 Å². The maximum atomic E-state index is 12.0. The second-order valence-corrected chi connectivity index (χ2v) is 6.63. The Hall–Kier alpha value is -1.75. The molecule has 24 heavy (non-hydrogen) atoms. The number of nitrogens with one attached hydrogen (secondary N) is 1. The second-order valence-electron chi connectivity index (χ2n) is 6.23. The first-order chi connectivity index (χ1) is 11.3. The van der Waals surface area contributed by atoms with E-state index >= 15 is 0 Å². The van der Waals surface area contributed by atoms with Gasteiger partial charge in [-0.15, -0.1) is 0 Å². The van der Waals surface area contributed by atoms with Gasteiger partial charge in [0.15, 0.2) is 0 Å². The van der Waals surface area contributed by atoms with Gasteiger partial charge in [-0.2, -0.15) is 0 Å². The summed E-state index contributed by atoms with van der Waals surface area (Å²) in [7, 11) is 1.53. The minimum absolute atomic E-state index is 0.0634. The molecule has 0 aliphatic carbocycles. The minimum Gasteiger partial charge on any atom is -0.495 e. The molecule has 0 saturated carbocycles. The maximum Gasteiger partial charge on any atom is 0.223 e. The number of amides is 2. The fourth-order valence-corrected chi connectivity index (χ4v) is 2.43. The van der Waals surface area contributed by atoms with E-state index in [1.807, 2.05) is 6.92 Å². The fraction of sp³-hybridized carbons (Fsp3) is 0.556. The number of rotatable bonds is 8. The van der Waals surface area contributed by atoms with Crippen molar-refractivity contribution in [2.75, 3.05) is 25.1 Å². The Kier molecular flexibility index (Phi) is 8.05. The number of hydrogen-bond donors (Lipinski definition) is 1. The predicted molar refractivity (Wildman–Crippen MR) is 97.8 cm³/mol. The van der Waals surface area contributed by atoms with E-state index in [-0.39, 0.29) is 18.2 Å². The van der Waals surface area contributed by atoms with Crippen LogP contribution in [0.4, 0.5) is 5.69 Å². The number of ether oxygens (including phenoxy) is 1. The molecule has 0 fully saturated rings. The van der Waals surface area contributed by atoms with E-state index < -0.39 is 0 Å². The summed E-state index contributed by atoms with van der Waals surface area (Å²) >= 11 is 6.11. The Bertz CT molecular complexity index is 588. The average Bonchev–Trinajstić information content (AvgIpc) is 2.49. The van der Waals surface area contributed by atoms with Crippen LogP contribution in [0.2, 0.25) is 5.02 Å². The Morgan fingerprint density at radius 2 is 2.00 bits per heavy atom. The van der Waals surface area contributed by atoms with E-state index in [9.17, 15) is 9.59 Å². The van der Waals surface area contributed by atoms with Gasteiger partial charge in [0.25, 0.3) is 0 Å². The number of benzene rings is 1. The summed E-state index contributed by atoms with van der Waals surface area (Å²) in [6.07, 6.45) is 1.18. The van der Waals surface area contributed by atoms with E-state index in [1.54, 1.807) is 17.0 Å². The van der Waals surface area contributed by atoms with Gasteiger partial charge in [-0.05, 0) is 30.9 Å². The van der Waals surface area contributed by atoms with Crippen molar-refractivity contribution in [3.05, 3.63) is 22.7 Å². The van der Waals surface area contributed by atoms with Crippen LogP contribution in [0.1, 0.15) is 39.2 Å². The van der Waals surface area contributed by atoms with E-state index in [0.717, 1.165) is 12.0 Å². The summed E-state index contributed by atoms with van der Waals surface area (Å²) in [5, 5.41) is 3.45. The molecule has 0 bridgehead atoms. The monoisotopic (exact) mass is 354 g/mol. The van der Waals surface area contributed by atoms with Crippen molar-refractivity contribution >= 4 is 29.1 Å². The van der Waals surface area contributed by atoms with Gasteiger partial charge in [0.1, 0.15) is 5.75 Å². The first kappa shape index (κ1) is 20.3. The highest BCUT2D eigenvalue weighted by atomic mass is 35.5. The van der Waals surface area contributed by atoms with Crippen LogP contribution < -0.4 is 15.0 Å². The lowest BCUT2D eigenvalue weighted by Gasteiger charge is -2.24. The second kappa shape index (κ2) is 9.52. The maximum absolute atomic E-state index is 12.0. The Balaban J connectivity index is 2.80. The number of anilines is 1. The molecular weight excluding hydrogens is 328 g/mol. The van der Waals surface area contributed by atoms with Gasteiger partial charge in [-0.25, -0.2) is 0 Å². The number of halogens is 1. The fourth-order valence-electron chi connectivity index (χ4n) is 2.27. The lowest BCUT2D eigenvalue weighted by atomic mass is 10.1. The van der Waals surface area contributed by atoms with Crippen molar-refractivity contribution in [1.82, 2.24) is 5.32 Å². The van der Waals surface area contributed by atoms with Crippen LogP contribution in [0.15, 0.2) is 12.1 Å². The zero-order chi connectivity index (χ0) is 18.3. The Morgan fingerprint density at radius 1 is 1.33 bits per heavy atom. The van der Waals surface area contributed by atoms with Crippen molar-refractivity contribution in [1.29, 1.82) is 0 Å². The van der Waals surface area contributed by atoms with Crippen molar-refractivity contribution in [3.8, 4) is 5.75 Å². The van der Waals surface area contributed by atoms with Gasteiger partial charge >= 0.3 is 0 Å². The number of carbonyl (C=O) groups excluding carboxylic acids is 2. The summed E-state index contributed by atoms with van der Waals surface area (Å²) in [5.41, 5.74) is 1.47. The molecule has 5 nitrogen and oxygen atoms in total. The van der Waals surface area contributed by atoms with Crippen molar-refractivity contribution in [2.45, 2.75) is 40.5 Å². The third-order valence-electron chi connectivity index (χ3n) is 3.74. The van der Waals surface area contributed by atoms with E-state index in [4.69, 9.17) is 16.3 Å². The van der Waals surface area contributed by atoms with Crippen LogP contribution in [0.3, 0.4) is 0 Å². The summed E-state index contributed by atoms with van der Waals surface area (Å²) in [5.74, 6) is 0.845. The van der Waals surface area contributed by atoms with Crippen LogP contribution in [0.5, 0.6) is 5.75 Å². The highest BCUT2D eigenvalue weighted by Crippen LogP contribution is 2.34. The lowest BCUT2D eigenvalue weighted by Crippen LogP contribution is -2.34. The van der Waals surface area contributed by atoms with Gasteiger partial charge in [-0.1, -0.05) is 25.4 Å². The summed E-state index contributed by atoms with van der Waals surface area (Å²) in [6, 6.07) is 3.49. The summed E-state index contributed by atoms with van der Waals surface area (Å²) in [4.78, 5) is 25.5. The molecule has 0 unspecified atom stereocenters. The highest BCUT2D eigenvalue weighted by Gasteiger charge is 2.19. The number of aryl methyl sites for hydroxylation is 1. The molecule has 0 aromatic heterocycles. The molecule has 1 rings (SSSR count). The molecular formula is C18H27ClN2O3. The van der Waals surface area contributed by atoms with Gasteiger partial charge < -0.3 is 15.0 Å². The SMILES string of the molecule is COc1cc(Cl)c(C)cc1N(CCC(=O)NCCC(C)C)C(C)=O.